The third-order valence-electron chi connectivity index (χ3n) is 1.89. The average Bonchev–Trinajstić information content (AvgIpc) is 2.62. The van der Waals surface area contributed by atoms with Gasteiger partial charge in [0.25, 0.3) is 5.91 Å². The van der Waals surface area contributed by atoms with Crippen LogP contribution in [0, 0.1) is 0 Å². The lowest BCUT2D eigenvalue weighted by atomic mass is 10.1. The van der Waals surface area contributed by atoms with E-state index in [2.05, 4.69) is 30.5 Å². The van der Waals surface area contributed by atoms with E-state index >= 15 is 0 Å². The summed E-state index contributed by atoms with van der Waals surface area (Å²) < 4.78 is 0. The van der Waals surface area contributed by atoms with Crippen LogP contribution in [0.1, 0.15) is 25.3 Å². The fourth-order valence-electron chi connectivity index (χ4n) is 1.15. The molecule has 1 aromatic heterocycles. The van der Waals surface area contributed by atoms with Gasteiger partial charge in [-0.1, -0.05) is 25.6 Å². The molecule has 0 fully saturated rings. The quantitative estimate of drug-likeness (QED) is 0.783. The maximum Gasteiger partial charge on any atom is 0.259 e. The predicted molar refractivity (Wildman–Crippen MR) is 65.2 cm³/mol. The van der Waals surface area contributed by atoms with E-state index in [1.54, 1.807) is 11.3 Å². The van der Waals surface area contributed by atoms with E-state index in [1.807, 2.05) is 5.38 Å². The second kappa shape index (κ2) is 5.88. The summed E-state index contributed by atoms with van der Waals surface area (Å²) in [6.07, 6.45) is 3.33. The van der Waals surface area contributed by atoms with Crippen molar-refractivity contribution in [3.05, 3.63) is 17.0 Å². The molecule has 1 rings (SSSR count). The van der Waals surface area contributed by atoms with Crippen LogP contribution in [0.5, 0.6) is 0 Å². The molecule has 0 aliphatic heterocycles. The highest BCUT2D eigenvalue weighted by Crippen LogP contribution is 2.24. The molecule has 0 aromatic carbocycles. The van der Waals surface area contributed by atoms with Gasteiger partial charge in [-0.15, -0.1) is 11.3 Å². The summed E-state index contributed by atoms with van der Waals surface area (Å²) in [5.74, 6) is -0.208. The zero-order chi connectivity index (χ0) is 10.4. The van der Waals surface area contributed by atoms with Gasteiger partial charge in [0.1, 0.15) is 0 Å². The van der Waals surface area contributed by atoms with Gasteiger partial charge >= 0.3 is 0 Å². The van der Waals surface area contributed by atoms with Crippen LogP contribution in [0.3, 0.4) is 0 Å². The van der Waals surface area contributed by atoms with Gasteiger partial charge in [0.15, 0.2) is 0 Å². The van der Waals surface area contributed by atoms with Gasteiger partial charge in [-0.05, 0) is 29.9 Å². The Morgan fingerprint density at radius 1 is 1.71 bits per heavy atom. The zero-order valence-electron chi connectivity index (χ0n) is 8.08. The Kier molecular flexibility index (Phi) is 4.76. The number of rotatable bonds is 5. The fourth-order valence-corrected chi connectivity index (χ4v) is 2.06. The number of anilines is 1. The molecule has 1 amide bonds. The molecule has 0 aliphatic rings. The summed E-state index contributed by atoms with van der Waals surface area (Å²) in [5.41, 5.74) is 1.21. The first-order valence-corrected chi connectivity index (χ1v) is 5.95. The number of amides is 1. The summed E-state index contributed by atoms with van der Waals surface area (Å²) in [4.78, 5) is 11.0. The van der Waals surface area contributed by atoms with Crippen molar-refractivity contribution < 1.29 is 4.79 Å². The lowest BCUT2D eigenvalue weighted by Crippen LogP contribution is -2.11. The number of thiophene rings is 1. The van der Waals surface area contributed by atoms with Crippen LogP contribution in [0.15, 0.2) is 11.4 Å². The van der Waals surface area contributed by atoms with Gasteiger partial charge < -0.3 is 5.32 Å². The zero-order valence-corrected chi connectivity index (χ0v) is 9.71. The van der Waals surface area contributed by atoms with Crippen molar-refractivity contribution in [1.29, 1.82) is 0 Å². The van der Waals surface area contributed by atoms with Crippen LogP contribution in [0.25, 0.3) is 0 Å². The van der Waals surface area contributed by atoms with Crippen LogP contribution >= 0.6 is 23.6 Å². The Bertz CT molecular complexity index is 320. The minimum Gasteiger partial charge on any atom is -0.313 e. The number of hydrogen-bond donors (Lipinski definition) is 1. The lowest BCUT2D eigenvalue weighted by Gasteiger charge is -2.02. The van der Waals surface area contributed by atoms with E-state index in [4.69, 9.17) is 0 Å². The molecule has 76 valence electrons. The Labute approximate surface area is 93.3 Å². The minimum atomic E-state index is -0.208. The van der Waals surface area contributed by atoms with Crippen molar-refractivity contribution in [3.8, 4) is 0 Å². The molecule has 14 heavy (non-hydrogen) atoms. The lowest BCUT2D eigenvalue weighted by molar-refractivity contribution is -0.109. The van der Waals surface area contributed by atoms with Crippen molar-refractivity contribution in [2.24, 2.45) is 0 Å². The molecule has 4 heteroatoms. The summed E-state index contributed by atoms with van der Waals surface area (Å²) in [7, 11) is 0. The third-order valence-corrected chi connectivity index (χ3v) is 2.98. The van der Waals surface area contributed by atoms with Crippen LogP contribution < -0.4 is 5.32 Å². The summed E-state index contributed by atoms with van der Waals surface area (Å²) in [6.45, 7) is 2.15. The molecule has 2 nitrogen and oxygen atoms in total. The van der Waals surface area contributed by atoms with Crippen molar-refractivity contribution in [1.82, 2.24) is 0 Å². The average molecular weight is 227 g/mol. The smallest absolute Gasteiger partial charge is 0.259 e. The van der Waals surface area contributed by atoms with E-state index in [9.17, 15) is 4.79 Å². The van der Waals surface area contributed by atoms with Gasteiger partial charge in [0, 0.05) is 0 Å². The number of aryl methyl sites for hydroxylation is 1. The Balaban J connectivity index is 2.62. The SMILES string of the molecule is CCCCc1ccsc1NC(=O)C=S. The highest BCUT2D eigenvalue weighted by Gasteiger charge is 2.05. The predicted octanol–water partition coefficient (Wildman–Crippen LogP) is 3.03. The second-order valence-corrected chi connectivity index (χ2v) is 4.14. The van der Waals surface area contributed by atoms with Gasteiger partial charge in [0.05, 0.1) is 10.4 Å². The molecule has 1 aromatic rings. The third kappa shape index (κ3) is 3.20. The molecule has 0 radical (unpaired) electrons. The molecular weight excluding hydrogens is 214 g/mol. The Morgan fingerprint density at radius 2 is 2.50 bits per heavy atom. The normalized spacial score (nSPS) is 9.79. The van der Waals surface area contributed by atoms with E-state index in [-0.39, 0.29) is 5.91 Å². The van der Waals surface area contributed by atoms with Crippen LogP contribution in [0.4, 0.5) is 5.00 Å². The van der Waals surface area contributed by atoms with E-state index in [0.717, 1.165) is 29.6 Å². The largest absolute Gasteiger partial charge is 0.313 e. The van der Waals surface area contributed by atoms with Crippen LogP contribution in [0.2, 0.25) is 0 Å². The highest BCUT2D eigenvalue weighted by molar-refractivity contribution is 7.80. The van der Waals surface area contributed by atoms with Crippen molar-refractivity contribution in [2.45, 2.75) is 26.2 Å². The van der Waals surface area contributed by atoms with Gasteiger partial charge in [-0.25, -0.2) is 0 Å². The van der Waals surface area contributed by atoms with Gasteiger partial charge in [0.2, 0.25) is 0 Å². The fraction of sp³-hybridized carbons (Fsp3) is 0.400. The maximum absolute atomic E-state index is 11.0. The standard InChI is InChI=1S/C10H13NOS2/c1-2-3-4-8-5-6-14-10(8)11-9(12)7-13/h5-7H,2-4H2,1H3,(H,11,12). The number of carbonyl (C=O) groups excluding carboxylic acids is 1. The minimum absolute atomic E-state index is 0.208. The number of nitrogens with one attached hydrogen (secondary N) is 1. The van der Waals surface area contributed by atoms with Crippen molar-refractivity contribution >= 4 is 39.8 Å². The van der Waals surface area contributed by atoms with Crippen LogP contribution in [-0.4, -0.2) is 11.3 Å². The molecule has 0 atom stereocenters. The number of hydrogen-bond acceptors (Lipinski definition) is 3. The summed E-state index contributed by atoms with van der Waals surface area (Å²) in [5, 5.41) is 6.82. The Hall–Kier alpha value is -0.740. The first-order chi connectivity index (χ1) is 6.77. The molecule has 0 spiro atoms. The molecule has 0 saturated carbocycles. The first kappa shape index (κ1) is 11.3. The first-order valence-electron chi connectivity index (χ1n) is 4.60. The monoisotopic (exact) mass is 227 g/mol. The molecule has 0 bridgehead atoms. The highest BCUT2D eigenvalue weighted by atomic mass is 32.1. The van der Waals surface area contributed by atoms with E-state index < -0.39 is 0 Å². The number of thiocarbonyl (C=S) groups is 1. The molecule has 0 saturated heterocycles. The number of unbranched alkanes of at least 4 members (excludes halogenated alkanes) is 1. The van der Waals surface area contributed by atoms with Crippen LogP contribution in [-0.2, 0) is 11.2 Å². The second-order valence-electron chi connectivity index (χ2n) is 2.99. The van der Waals surface area contributed by atoms with E-state index in [0.29, 0.717) is 0 Å². The van der Waals surface area contributed by atoms with Crippen molar-refractivity contribution in [3.63, 3.8) is 0 Å². The number of carbonyl (C=O) groups is 1. The Morgan fingerprint density at radius 3 is 3.14 bits per heavy atom. The topological polar surface area (TPSA) is 29.1 Å². The molecule has 0 aliphatic carbocycles. The molecule has 0 unspecified atom stereocenters. The van der Waals surface area contributed by atoms with E-state index in [1.165, 1.54) is 5.56 Å². The van der Waals surface area contributed by atoms with Crippen molar-refractivity contribution in [2.75, 3.05) is 5.32 Å². The molecular formula is C10H13NOS2. The molecule has 1 heterocycles. The van der Waals surface area contributed by atoms with Gasteiger partial charge in [-0.3, -0.25) is 4.79 Å². The van der Waals surface area contributed by atoms with Gasteiger partial charge in [-0.2, -0.15) is 0 Å². The molecule has 1 N–H and O–H groups in total. The summed E-state index contributed by atoms with van der Waals surface area (Å²) >= 11 is 6.09. The summed E-state index contributed by atoms with van der Waals surface area (Å²) in [6, 6.07) is 2.05. The maximum atomic E-state index is 11.0.